The Balaban J connectivity index is 1.61. The van der Waals surface area contributed by atoms with Gasteiger partial charge in [-0.2, -0.15) is 0 Å². The Labute approximate surface area is 160 Å². The molecule has 7 heteroatoms. The van der Waals surface area contributed by atoms with Crippen molar-refractivity contribution in [1.82, 2.24) is 16.0 Å². The fourth-order valence-electron chi connectivity index (χ4n) is 3.81. The lowest BCUT2D eigenvalue weighted by Gasteiger charge is -2.33. The quantitative estimate of drug-likeness (QED) is 0.706. The third kappa shape index (κ3) is 5.81. The third-order valence-corrected chi connectivity index (χ3v) is 5.18. The van der Waals surface area contributed by atoms with Gasteiger partial charge in [-0.1, -0.05) is 0 Å². The average Bonchev–Trinajstić information content (AvgIpc) is 3.13. The van der Waals surface area contributed by atoms with E-state index in [0.717, 1.165) is 56.9 Å². The standard InChI is InChI=1S/C20H31FN4O2/c1-20(2,27-19(26)24-14-15-5-6-23-13-15)12-16-11-17(21)3-4-18(16)25-9-7-22-8-10-25/h3-4,11,15,22-23H,5-10,12-14H2,1-2H3,(H,24,26)/t15-/m1/s1. The number of anilines is 1. The van der Waals surface area contributed by atoms with E-state index in [1.807, 2.05) is 19.9 Å². The summed E-state index contributed by atoms with van der Waals surface area (Å²) in [6.07, 6.45) is 1.12. The average molecular weight is 378 g/mol. The largest absolute Gasteiger partial charge is 0.443 e. The van der Waals surface area contributed by atoms with Crippen LogP contribution in [0.1, 0.15) is 25.8 Å². The Bertz CT molecular complexity index is 641. The molecule has 150 valence electrons. The van der Waals surface area contributed by atoms with Gasteiger partial charge in [0.1, 0.15) is 11.4 Å². The summed E-state index contributed by atoms with van der Waals surface area (Å²) in [6.45, 7) is 9.89. The summed E-state index contributed by atoms with van der Waals surface area (Å²) < 4.78 is 19.5. The zero-order chi connectivity index (χ0) is 19.3. The van der Waals surface area contributed by atoms with Crippen molar-refractivity contribution in [3.05, 3.63) is 29.6 Å². The number of carbonyl (C=O) groups excluding carboxylic acids is 1. The van der Waals surface area contributed by atoms with Gasteiger partial charge in [0.2, 0.25) is 0 Å². The number of hydrogen-bond donors (Lipinski definition) is 3. The molecule has 6 nitrogen and oxygen atoms in total. The molecular weight excluding hydrogens is 347 g/mol. The summed E-state index contributed by atoms with van der Waals surface area (Å²) in [4.78, 5) is 14.5. The molecule has 27 heavy (non-hydrogen) atoms. The van der Waals surface area contributed by atoms with Gasteiger partial charge in [0, 0.05) is 44.8 Å². The van der Waals surface area contributed by atoms with Gasteiger partial charge >= 0.3 is 6.09 Å². The molecule has 2 saturated heterocycles. The van der Waals surface area contributed by atoms with E-state index < -0.39 is 11.7 Å². The van der Waals surface area contributed by atoms with Crippen LogP contribution in [0.5, 0.6) is 0 Å². The molecule has 0 aliphatic carbocycles. The molecule has 1 aromatic carbocycles. The van der Waals surface area contributed by atoms with Crippen LogP contribution >= 0.6 is 0 Å². The molecule has 0 saturated carbocycles. The van der Waals surface area contributed by atoms with Crippen molar-refractivity contribution >= 4 is 11.8 Å². The number of benzene rings is 1. The van der Waals surface area contributed by atoms with Crippen molar-refractivity contribution in [3.63, 3.8) is 0 Å². The molecule has 1 atom stereocenters. The molecular formula is C20H31FN4O2. The normalized spacial score (nSPS) is 20.6. The summed E-state index contributed by atoms with van der Waals surface area (Å²) >= 11 is 0. The summed E-state index contributed by atoms with van der Waals surface area (Å²) in [5.41, 5.74) is 1.16. The Morgan fingerprint density at radius 3 is 2.78 bits per heavy atom. The molecule has 2 heterocycles. The van der Waals surface area contributed by atoms with Gasteiger partial charge < -0.3 is 25.6 Å². The number of hydrogen-bond acceptors (Lipinski definition) is 5. The molecule has 0 unspecified atom stereocenters. The van der Waals surface area contributed by atoms with Gasteiger partial charge in [-0.3, -0.25) is 0 Å². The third-order valence-electron chi connectivity index (χ3n) is 5.18. The Hall–Kier alpha value is -1.86. The van der Waals surface area contributed by atoms with Crippen molar-refractivity contribution in [2.45, 2.75) is 32.3 Å². The topological polar surface area (TPSA) is 65.6 Å². The highest BCUT2D eigenvalue weighted by molar-refractivity contribution is 5.67. The summed E-state index contributed by atoms with van der Waals surface area (Å²) in [5.74, 6) is 0.195. The molecule has 2 aliphatic heterocycles. The Morgan fingerprint density at radius 1 is 1.30 bits per heavy atom. The first kappa shape index (κ1) is 19.9. The maximum absolute atomic E-state index is 13.9. The molecule has 0 aromatic heterocycles. The van der Waals surface area contributed by atoms with E-state index >= 15 is 0 Å². The van der Waals surface area contributed by atoms with Crippen LogP contribution < -0.4 is 20.9 Å². The number of nitrogens with one attached hydrogen (secondary N) is 3. The fourth-order valence-corrected chi connectivity index (χ4v) is 3.81. The predicted molar refractivity (Wildman–Crippen MR) is 105 cm³/mol. The minimum Gasteiger partial charge on any atom is -0.443 e. The second kappa shape index (κ2) is 8.89. The van der Waals surface area contributed by atoms with E-state index in [4.69, 9.17) is 4.74 Å². The van der Waals surface area contributed by atoms with Gasteiger partial charge in [-0.25, -0.2) is 9.18 Å². The lowest BCUT2D eigenvalue weighted by Crippen LogP contribution is -2.44. The highest BCUT2D eigenvalue weighted by atomic mass is 19.1. The highest BCUT2D eigenvalue weighted by Crippen LogP contribution is 2.27. The molecule has 3 rings (SSSR count). The van der Waals surface area contributed by atoms with Gasteiger partial charge in [0.05, 0.1) is 0 Å². The minimum atomic E-state index is -0.728. The molecule has 2 fully saturated rings. The lowest BCUT2D eigenvalue weighted by atomic mass is 9.96. The first-order valence-electron chi connectivity index (χ1n) is 9.85. The van der Waals surface area contributed by atoms with Crippen LogP contribution in [0.3, 0.4) is 0 Å². The number of carbonyl (C=O) groups is 1. The van der Waals surface area contributed by atoms with Crippen LogP contribution in [-0.2, 0) is 11.2 Å². The molecule has 0 spiro atoms. The van der Waals surface area contributed by atoms with E-state index in [2.05, 4.69) is 20.9 Å². The fraction of sp³-hybridized carbons (Fsp3) is 0.650. The lowest BCUT2D eigenvalue weighted by molar-refractivity contribution is 0.0388. The zero-order valence-electron chi connectivity index (χ0n) is 16.3. The van der Waals surface area contributed by atoms with Crippen molar-refractivity contribution in [1.29, 1.82) is 0 Å². The van der Waals surface area contributed by atoms with E-state index in [-0.39, 0.29) is 5.82 Å². The van der Waals surface area contributed by atoms with Crippen molar-refractivity contribution < 1.29 is 13.9 Å². The highest BCUT2D eigenvalue weighted by Gasteiger charge is 2.27. The summed E-state index contributed by atoms with van der Waals surface area (Å²) in [6, 6.07) is 4.89. The second-order valence-electron chi connectivity index (χ2n) is 8.08. The van der Waals surface area contributed by atoms with E-state index in [1.54, 1.807) is 6.07 Å². The molecule has 1 aromatic rings. The Kier molecular flexibility index (Phi) is 6.55. The molecule has 3 N–H and O–H groups in total. The number of halogens is 1. The van der Waals surface area contributed by atoms with E-state index in [9.17, 15) is 9.18 Å². The number of nitrogens with zero attached hydrogens (tertiary/aromatic N) is 1. The van der Waals surface area contributed by atoms with Crippen molar-refractivity contribution in [3.8, 4) is 0 Å². The predicted octanol–water partition coefficient (Wildman–Crippen LogP) is 1.89. The first-order valence-corrected chi connectivity index (χ1v) is 9.85. The number of rotatable bonds is 6. The maximum atomic E-state index is 13.9. The van der Waals surface area contributed by atoms with Gasteiger partial charge in [0.25, 0.3) is 0 Å². The molecule has 1 amide bonds. The SMILES string of the molecule is CC(C)(Cc1cc(F)ccc1N1CCNCC1)OC(=O)NC[C@@H]1CCNC1. The van der Waals surface area contributed by atoms with Crippen LogP contribution in [-0.4, -0.2) is 57.5 Å². The van der Waals surface area contributed by atoms with Gasteiger partial charge in [-0.15, -0.1) is 0 Å². The second-order valence-corrected chi connectivity index (χ2v) is 8.08. The smallest absolute Gasteiger partial charge is 0.407 e. The number of alkyl carbamates (subject to hydrolysis) is 1. The summed E-state index contributed by atoms with van der Waals surface area (Å²) in [7, 11) is 0. The number of amides is 1. The van der Waals surface area contributed by atoms with Crippen LogP contribution in [0.4, 0.5) is 14.9 Å². The minimum absolute atomic E-state index is 0.266. The van der Waals surface area contributed by atoms with Gasteiger partial charge in [0.15, 0.2) is 0 Å². The maximum Gasteiger partial charge on any atom is 0.407 e. The molecule has 0 radical (unpaired) electrons. The van der Waals surface area contributed by atoms with Crippen LogP contribution in [0.15, 0.2) is 18.2 Å². The molecule has 0 bridgehead atoms. The van der Waals surface area contributed by atoms with E-state index in [0.29, 0.717) is 18.9 Å². The van der Waals surface area contributed by atoms with Crippen LogP contribution in [0.2, 0.25) is 0 Å². The van der Waals surface area contributed by atoms with Crippen LogP contribution in [0.25, 0.3) is 0 Å². The Morgan fingerprint density at radius 2 is 2.07 bits per heavy atom. The van der Waals surface area contributed by atoms with E-state index in [1.165, 1.54) is 6.07 Å². The van der Waals surface area contributed by atoms with Gasteiger partial charge in [-0.05, 0) is 63.0 Å². The first-order chi connectivity index (χ1) is 12.9. The molecule has 2 aliphatic rings. The zero-order valence-corrected chi connectivity index (χ0v) is 16.3. The van der Waals surface area contributed by atoms with Crippen molar-refractivity contribution in [2.75, 3.05) is 50.7 Å². The number of ether oxygens (including phenoxy) is 1. The summed E-state index contributed by atoms with van der Waals surface area (Å²) in [5, 5.41) is 9.47. The van der Waals surface area contributed by atoms with Crippen molar-refractivity contribution in [2.24, 2.45) is 5.92 Å². The monoisotopic (exact) mass is 378 g/mol. The van der Waals surface area contributed by atoms with Crippen LogP contribution in [0, 0.1) is 11.7 Å². The number of piperazine rings is 1.